The van der Waals surface area contributed by atoms with Crippen LogP contribution in [0.1, 0.15) is 51.5 Å². The Morgan fingerprint density at radius 3 is 2.58 bits per heavy atom. The van der Waals surface area contributed by atoms with Gasteiger partial charge in [0.2, 0.25) is 0 Å². The number of halogens is 1. The van der Waals surface area contributed by atoms with E-state index in [0.717, 1.165) is 50.0 Å². The van der Waals surface area contributed by atoms with Gasteiger partial charge in [0.1, 0.15) is 18.0 Å². The maximum absolute atomic E-state index is 15.1. The minimum Gasteiger partial charge on any atom is -0.390 e. The molecule has 0 radical (unpaired) electrons. The van der Waals surface area contributed by atoms with Crippen molar-refractivity contribution in [3.8, 4) is 12.4 Å². The standard InChI is InChI=1S/C25H26FN6O/c1-22(2,33)24-9-16(10-24)31(13-24)20-8-21(29-14-28-20)32-19-7-15(6-18(26)17(19)11-30-32)25(27-3)12-23(25)4-5-23/h3,6-8,11,14,16,33H,4-5,9-10,12-13H2,1-2H3/q+1/t16?,24?,25-/m1/s1. The molecule has 2 bridgehead atoms. The summed E-state index contributed by atoms with van der Waals surface area (Å²) in [5, 5.41) is 15.6. The lowest BCUT2D eigenvalue weighted by atomic mass is 9.61. The average Bonchev–Trinajstić information content (AvgIpc) is 3.44. The Morgan fingerprint density at radius 2 is 1.94 bits per heavy atom. The molecular weight excluding hydrogens is 419 g/mol. The lowest BCUT2D eigenvalue weighted by molar-refractivity contribution is -0.0754. The van der Waals surface area contributed by atoms with Crippen LogP contribution in [0.2, 0.25) is 0 Å². The molecule has 7 nitrogen and oxygen atoms in total. The maximum atomic E-state index is 15.1. The quantitative estimate of drug-likeness (QED) is 0.656. The number of benzene rings is 1. The molecule has 5 fully saturated rings. The highest BCUT2D eigenvalue weighted by Crippen LogP contribution is 2.79. The van der Waals surface area contributed by atoms with Crippen LogP contribution < -0.4 is 4.90 Å². The molecule has 3 aromatic rings. The number of aliphatic hydroxyl groups is 1. The highest BCUT2D eigenvalue weighted by Gasteiger charge is 2.84. The van der Waals surface area contributed by atoms with Crippen molar-refractivity contribution in [1.29, 1.82) is 0 Å². The molecule has 33 heavy (non-hydrogen) atoms. The number of nitrogens with zero attached hydrogens (tertiary/aromatic N) is 6. The van der Waals surface area contributed by atoms with Crippen LogP contribution in [0.3, 0.4) is 0 Å². The first kappa shape index (κ1) is 19.4. The Hall–Kier alpha value is -3.05. The van der Waals surface area contributed by atoms with Crippen molar-refractivity contribution in [3.63, 3.8) is 0 Å². The number of rotatable bonds is 4. The first-order valence-electron chi connectivity index (χ1n) is 11.6. The van der Waals surface area contributed by atoms with E-state index < -0.39 is 11.1 Å². The van der Waals surface area contributed by atoms with Gasteiger partial charge in [-0.25, -0.2) is 19.0 Å². The zero-order valence-corrected chi connectivity index (χ0v) is 18.8. The monoisotopic (exact) mass is 445 g/mol. The molecule has 168 valence electrons. The van der Waals surface area contributed by atoms with Crippen LogP contribution >= 0.6 is 0 Å². The Kier molecular flexibility index (Phi) is 3.36. The van der Waals surface area contributed by atoms with Gasteiger partial charge in [0.25, 0.3) is 6.57 Å². The van der Waals surface area contributed by atoms with E-state index in [4.69, 9.17) is 6.57 Å². The zero-order chi connectivity index (χ0) is 22.8. The van der Waals surface area contributed by atoms with Crippen molar-refractivity contribution in [1.82, 2.24) is 19.7 Å². The fourth-order valence-electron chi connectivity index (χ4n) is 6.58. The molecule has 3 saturated carbocycles. The van der Waals surface area contributed by atoms with E-state index in [1.165, 1.54) is 6.33 Å². The van der Waals surface area contributed by atoms with Gasteiger partial charge in [-0.3, -0.25) is 0 Å². The summed E-state index contributed by atoms with van der Waals surface area (Å²) in [4.78, 5) is 15.4. The highest BCUT2D eigenvalue weighted by molar-refractivity contribution is 5.82. The summed E-state index contributed by atoms with van der Waals surface area (Å²) in [5.74, 6) is 1.08. The SMILES string of the molecule is C#[N+][C@@]1(c2cc(F)c3cnn(-c4cc(N5CC6(C(C)(C)O)CC5C6)ncn4)c3c2)CC12CC2. The lowest BCUT2D eigenvalue weighted by Crippen LogP contribution is -2.50. The minimum atomic E-state index is -0.730. The molecule has 2 aromatic heterocycles. The third-order valence-electron chi connectivity index (χ3n) is 9.15. The summed E-state index contributed by atoms with van der Waals surface area (Å²) in [6.45, 7) is 10.4. The summed E-state index contributed by atoms with van der Waals surface area (Å²) >= 11 is 0. The number of anilines is 1. The molecule has 2 aliphatic heterocycles. The van der Waals surface area contributed by atoms with Crippen molar-refractivity contribution in [3.05, 3.63) is 46.9 Å². The number of aromatic nitrogens is 4. The van der Waals surface area contributed by atoms with E-state index >= 15 is 4.39 Å². The average molecular weight is 446 g/mol. The Balaban J connectivity index is 1.28. The summed E-state index contributed by atoms with van der Waals surface area (Å²) in [6.07, 6.45) is 8.05. The molecule has 5 aliphatic rings. The van der Waals surface area contributed by atoms with Crippen LogP contribution in [0.25, 0.3) is 21.6 Å². The van der Waals surface area contributed by atoms with Gasteiger partial charge in [0, 0.05) is 36.1 Å². The van der Waals surface area contributed by atoms with E-state index in [0.29, 0.717) is 22.8 Å². The van der Waals surface area contributed by atoms with Crippen molar-refractivity contribution in [2.75, 3.05) is 11.4 Å². The van der Waals surface area contributed by atoms with Gasteiger partial charge in [-0.15, -0.1) is 0 Å². The van der Waals surface area contributed by atoms with Gasteiger partial charge >= 0.3 is 5.54 Å². The molecule has 0 amide bonds. The van der Waals surface area contributed by atoms with Gasteiger partial charge in [0.15, 0.2) is 5.82 Å². The third-order valence-corrected chi connectivity index (χ3v) is 9.15. The fourth-order valence-corrected chi connectivity index (χ4v) is 6.58. The normalized spacial score (nSPS) is 31.0. The van der Waals surface area contributed by atoms with Crippen LogP contribution in [0, 0.1) is 23.2 Å². The number of hydrogen-bond donors (Lipinski definition) is 1. The molecule has 8 rings (SSSR count). The molecule has 1 atom stereocenters. The van der Waals surface area contributed by atoms with E-state index in [-0.39, 0.29) is 16.6 Å². The second-order valence-electron chi connectivity index (χ2n) is 11.2. The van der Waals surface area contributed by atoms with Gasteiger partial charge in [-0.1, -0.05) is 4.85 Å². The Bertz CT molecular complexity index is 1370. The van der Waals surface area contributed by atoms with Gasteiger partial charge in [-0.05, 0) is 51.7 Å². The fraction of sp³-hybridized carbons (Fsp3) is 0.520. The summed E-state index contributed by atoms with van der Waals surface area (Å²) in [6, 6.07) is 5.80. The number of hydrogen-bond acceptors (Lipinski definition) is 5. The Morgan fingerprint density at radius 1 is 1.18 bits per heavy atom. The molecule has 4 heterocycles. The van der Waals surface area contributed by atoms with Crippen molar-refractivity contribution in [2.24, 2.45) is 10.8 Å². The van der Waals surface area contributed by atoms with Crippen LogP contribution in [-0.2, 0) is 5.54 Å². The van der Waals surface area contributed by atoms with Gasteiger partial charge in [0.05, 0.1) is 28.1 Å². The molecule has 1 spiro atoms. The van der Waals surface area contributed by atoms with E-state index in [1.807, 2.05) is 26.0 Å². The molecule has 0 unspecified atom stereocenters. The molecule has 1 aromatic carbocycles. The van der Waals surface area contributed by atoms with E-state index in [2.05, 4.69) is 24.8 Å². The highest BCUT2D eigenvalue weighted by atomic mass is 19.1. The second-order valence-corrected chi connectivity index (χ2v) is 11.2. The molecule has 8 heteroatoms. The summed E-state index contributed by atoms with van der Waals surface area (Å²) in [5.41, 5.74) is 0.293. The smallest absolute Gasteiger partial charge is 0.312 e. The van der Waals surface area contributed by atoms with Gasteiger partial charge < -0.3 is 10.0 Å². The van der Waals surface area contributed by atoms with Gasteiger partial charge in [-0.2, -0.15) is 5.10 Å². The van der Waals surface area contributed by atoms with E-state index in [1.54, 1.807) is 16.9 Å². The largest absolute Gasteiger partial charge is 0.390 e. The predicted molar refractivity (Wildman–Crippen MR) is 122 cm³/mol. The second kappa shape index (κ2) is 5.71. The third kappa shape index (κ3) is 2.33. The minimum absolute atomic E-state index is 0.0950. The van der Waals surface area contributed by atoms with Crippen molar-refractivity contribution >= 4 is 16.7 Å². The number of fused-ring (bicyclic) bond motifs is 2. The molecule has 3 aliphatic carbocycles. The summed E-state index contributed by atoms with van der Waals surface area (Å²) < 4.78 is 16.7. The molecule has 1 N–H and O–H groups in total. The lowest BCUT2D eigenvalue weighted by Gasteiger charge is -2.45. The first-order chi connectivity index (χ1) is 15.7. The van der Waals surface area contributed by atoms with Crippen LogP contribution in [0.15, 0.2) is 30.7 Å². The first-order valence-corrected chi connectivity index (χ1v) is 11.6. The summed E-state index contributed by atoms with van der Waals surface area (Å²) in [7, 11) is 0. The van der Waals surface area contributed by atoms with Crippen LogP contribution in [0.4, 0.5) is 10.2 Å². The Labute approximate surface area is 191 Å². The van der Waals surface area contributed by atoms with Crippen LogP contribution in [0.5, 0.6) is 0 Å². The zero-order valence-electron chi connectivity index (χ0n) is 18.8. The maximum Gasteiger partial charge on any atom is 0.312 e. The van der Waals surface area contributed by atoms with E-state index in [9.17, 15) is 5.11 Å². The molecule has 2 saturated heterocycles. The van der Waals surface area contributed by atoms with Crippen LogP contribution in [-0.4, -0.2) is 43.0 Å². The topological polar surface area (TPSA) is 71.4 Å². The predicted octanol–water partition coefficient (Wildman–Crippen LogP) is 4.04. The van der Waals surface area contributed by atoms with Crippen molar-refractivity contribution < 1.29 is 9.50 Å². The van der Waals surface area contributed by atoms with Crippen molar-refractivity contribution in [2.45, 2.75) is 63.1 Å². The molecular formula is C25H26FN6O+.